The molecular weight excluding hydrogens is 353 g/mol. The summed E-state index contributed by atoms with van der Waals surface area (Å²) in [6.07, 6.45) is 0. The maximum Gasteiger partial charge on any atom is 0.258 e. The molecule has 0 fully saturated rings. The maximum atomic E-state index is 13.2. The van der Waals surface area contributed by atoms with Gasteiger partial charge in [-0.3, -0.25) is 10.1 Å². The number of benzene rings is 1. The first-order valence-electron chi connectivity index (χ1n) is 5.34. The molecule has 0 spiro atoms. The molecule has 5 nitrogen and oxygen atoms in total. The van der Waals surface area contributed by atoms with Crippen LogP contribution in [-0.2, 0) is 0 Å². The minimum Gasteiger partial charge on any atom is -0.481 e. The largest absolute Gasteiger partial charge is 0.481 e. The lowest BCUT2D eigenvalue weighted by atomic mass is 10.2. The van der Waals surface area contributed by atoms with E-state index in [0.717, 1.165) is 6.07 Å². The van der Waals surface area contributed by atoms with E-state index in [4.69, 9.17) is 16.3 Å². The summed E-state index contributed by atoms with van der Waals surface area (Å²) in [5, 5.41) is 2.53. The highest BCUT2D eigenvalue weighted by molar-refractivity contribution is 9.10. The van der Waals surface area contributed by atoms with Crippen molar-refractivity contribution < 1.29 is 13.9 Å². The Bertz CT molecular complexity index is 649. The fourth-order valence-electron chi connectivity index (χ4n) is 1.42. The number of hydrogen-bond acceptors (Lipinski definition) is 4. The molecule has 1 aromatic carbocycles. The van der Waals surface area contributed by atoms with Crippen molar-refractivity contribution in [3.63, 3.8) is 0 Å². The van der Waals surface area contributed by atoms with E-state index in [0.29, 0.717) is 4.47 Å². The molecule has 8 heteroatoms. The highest BCUT2D eigenvalue weighted by atomic mass is 79.9. The smallest absolute Gasteiger partial charge is 0.258 e. The molecule has 2 aromatic rings. The molecule has 0 saturated carbocycles. The van der Waals surface area contributed by atoms with Gasteiger partial charge < -0.3 is 4.74 Å². The number of amides is 1. The van der Waals surface area contributed by atoms with Crippen molar-refractivity contribution in [3.8, 4) is 5.88 Å². The average molecular weight is 361 g/mol. The molecule has 0 radical (unpaired) electrons. The van der Waals surface area contributed by atoms with E-state index >= 15 is 0 Å². The number of aromatic nitrogens is 2. The van der Waals surface area contributed by atoms with Gasteiger partial charge in [-0.1, -0.05) is 27.5 Å². The molecule has 20 heavy (non-hydrogen) atoms. The minimum atomic E-state index is -0.561. The third kappa shape index (κ3) is 3.64. The number of ether oxygens (including phenoxy) is 1. The molecule has 0 aliphatic rings. The summed E-state index contributed by atoms with van der Waals surface area (Å²) in [6.45, 7) is 0. The predicted molar refractivity (Wildman–Crippen MR) is 75.6 cm³/mol. The van der Waals surface area contributed by atoms with Crippen molar-refractivity contribution >= 4 is 39.4 Å². The van der Waals surface area contributed by atoms with Crippen LogP contribution >= 0.6 is 27.5 Å². The van der Waals surface area contributed by atoms with Crippen LogP contribution in [0.2, 0.25) is 5.15 Å². The molecule has 1 N–H and O–H groups in total. The van der Waals surface area contributed by atoms with Crippen LogP contribution in [0.3, 0.4) is 0 Å². The third-order valence-electron chi connectivity index (χ3n) is 2.23. The van der Waals surface area contributed by atoms with E-state index in [9.17, 15) is 9.18 Å². The number of anilines is 1. The van der Waals surface area contributed by atoms with Crippen LogP contribution in [0.25, 0.3) is 0 Å². The first kappa shape index (κ1) is 14.7. The highest BCUT2D eigenvalue weighted by Crippen LogP contribution is 2.18. The van der Waals surface area contributed by atoms with Crippen LogP contribution in [0.4, 0.5) is 10.3 Å². The minimum absolute atomic E-state index is 0.0280. The number of nitrogens with zero attached hydrogens (tertiary/aromatic N) is 2. The molecule has 2 rings (SSSR count). The first-order chi connectivity index (χ1) is 9.47. The van der Waals surface area contributed by atoms with Gasteiger partial charge in [-0.15, -0.1) is 0 Å². The van der Waals surface area contributed by atoms with Crippen molar-refractivity contribution in [2.24, 2.45) is 0 Å². The van der Waals surface area contributed by atoms with Crippen molar-refractivity contribution in [1.29, 1.82) is 0 Å². The zero-order valence-electron chi connectivity index (χ0n) is 10.2. The van der Waals surface area contributed by atoms with Crippen molar-refractivity contribution in [2.45, 2.75) is 0 Å². The normalized spacial score (nSPS) is 10.2. The number of hydrogen-bond donors (Lipinski definition) is 1. The van der Waals surface area contributed by atoms with Crippen molar-refractivity contribution in [3.05, 3.63) is 45.3 Å². The van der Waals surface area contributed by atoms with Gasteiger partial charge in [-0.2, -0.15) is 4.98 Å². The van der Waals surface area contributed by atoms with E-state index in [2.05, 4.69) is 31.2 Å². The Hall–Kier alpha value is -1.73. The van der Waals surface area contributed by atoms with E-state index in [1.165, 1.54) is 25.3 Å². The summed E-state index contributed by atoms with van der Waals surface area (Å²) in [7, 11) is 1.41. The summed E-state index contributed by atoms with van der Waals surface area (Å²) in [4.78, 5) is 19.7. The van der Waals surface area contributed by atoms with Crippen LogP contribution < -0.4 is 10.1 Å². The van der Waals surface area contributed by atoms with E-state index < -0.39 is 11.7 Å². The van der Waals surface area contributed by atoms with Gasteiger partial charge in [0.15, 0.2) is 0 Å². The van der Waals surface area contributed by atoms with Crippen LogP contribution in [0.1, 0.15) is 10.4 Å². The number of nitrogens with one attached hydrogen (secondary N) is 1. The molecule has 1 heterocycles. The van der Waals surface area contributed by atoms with Crippen LogP contribution in [0.15, 0.2) is 28.7 Å². The summed E-state index contributed by atoms with van der Waals surface area (Å²) >= 11 is 8.87. The second-order valence-corrected chi connectivity index (χ2v) is 4.97. The van der Waals surface area contributed by atoms with Crippen molar-refractivity contribution in [2.75, 3.05) is 12.4 Å². The third-order valence-corrected chi connectivity index (χ3v) is 2.88. The molecule has 0 saturated heterocycles. The fraction of sp³-hybridized carbons (Fsp3) is 0.0833. The summed E-state index contributed by atoms with van der Waals surface area (Å²) in [5.41, 5.74) is 0.124. The Balaban J connectivity index is 2.25. The molecule has 0 unspecified atom stereocenters. The van der Waals surface area contributed by atoms with Gasteiger partial charge in [0.2, 0.25) is 11.8 Å². The number of carbonyl (C=O) groups excluding carboxylic acids is 1. The Labute approximate surface area is 127 Å². The number of rotatable bonds is 3. The van der Waals surface area contributed by atoms with Gasteiger partial charge in [0, 0.05) is 16.1 Å². The summed E-state index contributed by atoms with van der Waals surface area (Å²) < 4.78 is 18.6. The molecule has 104 valence electrons. The SMILES string of the molecule is COc1cc(Cl)nc(NC(=O)c2cc(F)cc(Br)c2)n1. The Morgan fingerprint density at radius 1 is 1.35 bits per heavy atom. The second-order valence-electron chi connectivity index (χ2n) is 3.67. The highest BCUT2D eigenvalue weighted by Gasteiger charge is 2.11. The lowest BCUT2D eigenvalue weighted by Crippen LogP contribution is -2.14. The van der Waals surface area contributed by atoms with E-state index in [-0.39, 0.29) is 22.5 Å². The van der Waals surface area contributed by atoms with Crippen LogP contribution in [0.5, 0.6) is 5.88 Å². The molecule has 0 atom stereocenters. The molecule has 0 bridgehead atoms. The standard InChI is InChI=1S/C12H8BrClFN3O2/c1-20-10-5-9(14)16-12(17-10)18-11(19)6-2-7(13)4-8(15)3-6/h2-5H,1H3,(H,16,17,18,19). The quantitative estimate of drug-likeness (QED) is 0.853. The van der Waals surface area contributed by atoms with Gasteiger partial charge in [-0.05, 0) is 18.2 Å². The predicted octanol–water partition coefficient (Wildman–Crippen LogP) is 3.29. The van der Waals surface area contributed by atoms with Gasteiger partial charge >= 0.3 is 0 Å². The summed E-state index contributed by atoms with van der Waals surface area (Å²) in [6, 6.07) is 5.22. The number of methoxy groups -OCH3 is 1. The molecular formula is C12H8BrClFN3O2. The van der Waals surface area contributed by atoms with Gasteiger partial charge in [-0.25, -0.2) is 9.37 Å². The van der Waals surface area contributed by atoms with Gasteiger partial charge in [0.05, 0.1) is 7.11 Å². The molecule has 0 aliphatic heterocycles. The number of carbonyl (C=O) groups is 1. The Morgan fingerprint density at radius 2 is 2.10 bits per heavy atom. The number of halogens is 3. The van der Waals surface area contributed by atoms with E-state index in [1.54, 1.807) is 0 Å². The lowest BCUT2D eigenvalue weighted by molar-refractivity contribution is 0.102. The average Bonchev–Trinajstić information content (AvgIpc) is 2.36. The lowest BCUT2D eigenvalue weighted by Gasteiger charge is -2.06. The molecule has 0 aliphatic carbocycles. The van der Waals surface area contributed by atoms with Gasteiger partial charge in [0.25, 0.3) is 5.91 Å². The Morgan fingerprint density at radius 3 is 2.75 bits per heavy atom. The fourth-order valence-corrected chi connectivity index (χ4v) is 2.05. The maximum absolute atomic E-state index is 13.2. The molecule has 1 aromatic heterocycles. The van der Waals surface area contributed by atoms with Crippen LogP contribution in [0, 0.1) is 5.82 Å². The summed E-state index contributed by atoms with van der Waals surface area (Å²) in [5.74, 6) is -0.913. The first-order valence-corrected chi connectivity index (χ1v) is 6.51. The van der Waals surface area contributed by atoms with E-state index in [1.807, 2.05) is 0 Å². The van der Waals surface area contributed by atoms with Gasteiger partial charge in [0.1, 0.15) is 11.0 Å². The van der Waals surface area contributed by atoms with Crippen molar-refractivity contribution in [1.82, 2.24) is 9.97 Å². The van der Waals surface area contributed by atoms with Crippen LogP contribution in [-0.4, -0.2) is 23.0 Å². The zero-order valence-corrected chi connectivity index (χ0v) is 12.5. The zero-order chi connectivity index (χ0) is 14.7. The second kappa shape index (κ2) is 6.15. The molecule has 1 amide bonds. The Kier molecular flexibility index (Phi) is 4.51. The monoisotopic (exact) mass is 359 g/mol. The topological polar surface area (TPSA) is 64.1 Å².